The van der Waals surface area contributed by atoms with Crippen molar-refractivity contribution in [1.29, 1.82) is 0 Å². The first-order chi connectivity index (χ1) is 17.9. The molecule has 3 rings (SSSR count). The van der Waals surface area contributed by atoms with Gasteiger partial charge in [0, 0.05) is 56.4 Å². The molecular formula is C26H40ClFN4O5. The van der Waals surface area contributed by atoms with E-state index >= 15 is 0 Å². The summed E-state index contributed by atoms with van der Waals surface area (Å²) in [6.45, 7) is 3.77. The Kier molecular flexibility index (Phi) is 12.2. The number of carbonyl (C=O) groups is 2. The molecule has 2 heterocycles. The van der Waals surface area contributed by atoms with Crippen molar-refractivity contribution in [2.24, 2.45) is 11.8 Å². The van der Waals surface area contributed by atoms with E-state index in [1.54, 1.807) is 6.07 Å². The molecule has 0 aromatic heterocycles. The van der Waals surface area contributed by atoms with Gasteiger partial charge in [0.25, 0.3) is 0 Å². The number of rotatable bonds is 11. The third-order valence-electron chi connectivity index (χ3n) is 6.89. The summed E-state index contributed by atoms with van der Waals surface area (Å²) in [4.78, 5) is 26.5. The highest BCUT2D eigenvalue weighted by Gasteiger charge is 2.32. The normalized spacial score (nSPS) is 21.7. The van der Waals surface area contributed by atoms with Crippen molar-refractivity contribution in [3.05, 3.63) is 34.6 Å². The van der Waals surface area contributed by atoms with Crippen molar-refractivity contribution in [2.75, 3.05) is 60.2 Å². The molecule has 2 aliphatic rings. The van der Waals surface area contributed by atoms with Gasteiger partial charge in [-0.2, -0.15) is 0 Å². The zero-order chi connectivity index (χ0) is 26.6. The van der Waals surface area contributed by atoms with E-state index in [1.807, 2.05) is 11.9 Å². The van der Waals surface area contributed by atoms with Crippen molar-refractivity contribution in [3.8, 4) is 0 Å². The number of methoxy groups -OCH3 is 1. The summed E-state index contributed by atoms with van der Waals surface area (Å²) in [6.07, 6.45) is 3.60. The quantitative estimate of drug-likeness (QED) is 0.368. The Morgan fingerprint density at radius 1 is 1.27 bits per heavy atom. The van der Waals surface area contributed by atoms with E-state index < -0.39 is 18.0 Å². The first-order valence-electron chi connectivity index (χ1n) is 13.1. The van der Waals surface area contributed by atoms with Gasteiger partial charge in [0.15, 0.2) is 0 Å². The van der Waals surface area contributed by atoms with Crippen LogP contribution in [0.2, 0.25) is 5.02 Å². The molecule has 2 saturated heterocycles. The van der Waals surface area contributed by atoms with Gasteiger partial charge in [0.2, 0.25) is 0 Å². The Labute approximate surface area is 223 Å². The molecule has 1 aromatic carbocycles. The average Bonchev–Trinajstić information content (AvgIpc) is 2.88. The molecular weight excluding hydrogens is 503 g/mol. The molecule has 4 atom stereocenters. The van der Waals surface area contributed by atoms with Crippen LogP contribution in [0.15, 0.2) is 18.2 Å². The highest BCUT2D eigenvalue weighted by Crippen LogP contribution is 2.34. The van der Waals surface area contributed by atoms with Gasteiger partial charge < -0.3 is 35.1 Å². The summed E-state index contributed by atoms with van der Waals surface area (Å²) in [6, 6.07) is 4.25. The number of ether oxygens (including phenoxy) is 3. The number of nitrogens with zero attached hydrogens (tertiary/aromatic N) is 1. The second-order valence-electron chi connectivity index (χ2n) is 9.78. The fraction of sp³-hybridized carbons (Fsp3) is 0.692. The maximum atomic E-state index is 14.2. The Bertz CT molecular complexity index is 853. The summed E-state index contributed by atoms with van der Waals surface area (Å²) in [5, 5.41) is 9.26. The van der Waals surface area contributed by atoms with E-state index in [9.17, 15) is 14.0 Å². The maximum Gasteiger partial charge on any atom is 0.406 e. The minimum absolute atomic E-state index is 0.00282. The molecule has 1 aromatic rings. The first-order valence-corrected chi connectivity index (χ1v) is 13.4. The standard InChI is InChI=1S/C26H40ClFN4O5/c1-29-15-23(11-18-5-4-9-36-17-18)31-25(33)32-8-3-6-19(16-32)24(37-10-7-30-26(34)35-2)20-12-21(27)14-22(28)13-20/h12-14,18-19,23-24,29H,3-11,15-17H2,1-2H3,(H,30,34)(H,31,33)/t18-,19+,23-,24+/m0/s1. The molecule has 0 unspecified atom stereocenters. The van der Waals surface area contributed by atoms with E-state index in [4.69, 9.17) is 21.1 Å². The Hall–Kier alpha value is -2.14. The molecule has 3 N–H and O–H groups in total. The zero-order valence-electron chi connectivity index (χ0n) is 21.8. The molecule has 3 amide bonds. The number of hydrogen-bond acceptors (Lipinski definition) is 6. The number of piperidine rings is 1. The Morgan fingerprint density at radius 3 is 2.81 bits per heavy atom. The molecule has 0 aliphatic carbocycles. The number of likely N-dealkylation sites (N-methyl/N-ethyl adjacent to an activating group) is 1. The molecule has 0 bridgehead atoms. The van der Waals surface area contributed by atoms with Gasteiger partial charge in [-0.25, -0.2) is 14.0 Å². The van der Waals surface area contributed by atoms with Crippen LogP contribution in [0, 0.1) is 17.7 Å². The lowest BCUT2D eigenvalue weighted by atomic mass is 9.88. The van der Waals surface area contributed by atoms with Crippen LogP contribution in [0.4, 0.5) is 14.0 Å². The predicted molar refractivity (Wildman–Crippen MR) is 139 cm³/mol. The van der Waals surface area contributed by atoms with Gasteiger partial charge in [-0.05, 0) is 68.8 Å². The number of nitrogens with one attached hydrogen (secondary N) is 3. The van der Waals surface area contributed by atoms with Crippen LogP contribution in [0.3, 0.4) is 0 Å². The highest BCUT2D eigenvalue weighted by atomic mass is 35.5. The van der Waals surface area contributed by atoms with Crippen LogP contribution in [-0.2, 0) is 14.2 Å². The van der Waals surface area contributed by atoms with Crippen molar-refractivity contribution in [1.82, 2.24) is 20.9 Å². The minimum Gasteiger partial charge on any atom is -0.453 e. The maximum absolute atomic E-state index is 14.2. The van der Waals surface area contributed by atoms with Gasteiger partial charge in [-0.15, -0.1) is 0 Å². The summed E-state index contributed by atoms with van der Waals surface area (Å²) in [7, 11) is 3.17. The molecule has 37 heavy (non-hydrogen) atoms. The van der Waals surface area contributed by atoms with Crippen LogP contribution in [-0.4, -0.2) is 83.2 Å². The second kappa shape index (κ2) is 15.3. The van der Waals surface area contributed by atoms with Crippen molar-refractivity contribution < 1.29 is 28.2 Å². The summed E-state index contributed by atoms with van der Waals surface area (Å²) in [5.74, 6) is -0.0728. The smallest absolute Gasteiger partial charge is 0.406 e. The molecule has 2 fully saturated rings. The predicted octanol–water partition coefficient (Wildman–Crippen LogP) is 3.72. The number of amides is 3. The number of hydrogen-bond donors (Lipinski definition) is 3. The molecule has 0 radical (unpaired) electrons. The van der Waals surface area contributed by atoms with Crippen LogP contribution in [0.1, 0.15) is 43.8 Å². The van der Waals surface area contributed by atoms with E-state index in [0.29, 0.717) is 31.1 Å². The SMILES string of the molecule is CNC[C@H](C[C@@H]1CCCOC1)NC(=O)N1CCC[C@@H]([C@@H](OCCNC(=O)OC)c2cc(F)cc(Cl)c2)C1. The van der Waals surface area contributed by atoms with Gasteiger partial charge in [0.1, 0.15) is 5.82 Å². The lowest BCUT2D eigenvalue weighted by Crippen LogP contribution is -2.52. The lowest BCUT2D eigenvalue weighted by Gasteiger charge is -2.38. The largest absolute Gasteiger partial charge is 0.453 e. The number of halogens is 2. The number of likely N-dealkylation sites (tertiary alicyclic amines) is 1. The van der Waals surface area contributed by atoms with Crippen LogP contribution in [0.25, 0.3) is 0 Å². The Morgan fingerprint density at radius 2 is 2.11 bits per heavy atom. The van der Waals surface area contributed by atoms with Crippen molar-refractivity contribution in [3.63, 3.8) is 0 Å². The molecule has 2 aliphatic heterocycles. The van der Waals surface area contributed by atoms with E-state index in [0.717, 1.165) is 45.3 Å². The number of carbonyl (C=O) groups excluding carboxylic acids is 2. The number of benzene rings is 1. The van der Waals surface area contributed by atoms with E-state index in [-0.39, 0.29) is 36.2 Å². The van der Waals surface area contributed by atoms with Gasteiger partial charge in [0.05, 0.1) is 19.8 Å². The van der Waals surface area contributed by atoms with Crippen molar-refractivity contribution in [2.45, 2.75) is 44.2 Å². The molecule has 11 heteroatoms. The molecule has 0 spiro atoms. The Balaban J connectivity index is 1.65. The first kappa shape index (κ1) is 29.4. The van der Waals surface area contributed by atoms with Crippen molar-refractivity contribution >= 4 is 23.7 Å². The summed E-state index contributed by atoms with van der Waals surface area (Å²) >= 11 is 6.14. The topological polar surface area (TPSA) is 101 Å². The number of urea groups is 1. The second-order valence-corrected chi connectivity index (χ2v) is 10.2. The summed E-state index contributed by atoms with van der Waals surface area (Å²) < 4.78 is 30.6. The van der Waals surface area contributed by atoms with Crippen LogP contribution in [0.5, 0.6) is 0 Å². The lowest BCUT2D eigenvalue weighted by molar-refractivity contribution is -0.00888. The fourth-order valence-corrected chi connectivity index (χ4v) is 5.43. The van der Waals surface area contributed by atoms with Gasteiger partial charge >= 0.3 is 12.1 Å². The molecule has 0 saturated carbocycles. The third-order valence-corrected chi connectivity index (χ3v) is 7.11. The van der Waals surface area contributed by atoms with E-state index in [2.05, 4.69) is 20.7 Å². The van der Waals surface area contributed by atoms with Crippen LogP contribution < -0.4 is 16.0 Å². The third kappa shape index (κ3) is 9.59. The van der Waals surface area contributed by atoms with Crippen LogP contribution >= 0.6 is 11.6 Å². The number of alkyl carbamates (subject to hydrolysis) is 1. The summed E-state index contributed by atoms with van der Waals surface area (Å²) in [5.41, 5.74) is 0.612. The fourth-order valence-electron chi connectivity index (χ4n) is 5.20. The molecule has 9 nitrogen and oxygen atoms in total. The molecule has 208 valence electrons. The monoisotopic (exact) mass is 542 g/mol. The highest BCUT2D eigenvalue weighted by molar-refractivity contribution is 6.30. The zero-order valence-corrected chi connectivity index (χ0v) is 22.5. The van der Waals surface area contributed by atoms with Gasteiger partial charge in [-0.1, -0.05) is 11.6 Å². The minimum atomic E-state index is -0.551. The average molecular weight is 543 g/mol. The van der Waals surface area contributed by atoms with E-state index in [1.165, 1.54) is 19.2 Å². The van der Waals surface area contributed by atoms with Gasteiger partial charge in [-0.3, -0.25) is 0 Å².